The maximum Gasteiger partial charge on any atom is 0.251 e. The van der Waals surface area contributed by atoms with Crippen LogP contribution in [-0.2, 0) is 0 Å². The van der Waals surface area contributed by atoms with Crippen molar-refractivity contribution in [1.82, 2.24) is 5.32 Å². The first kappa shape index (κ1) is 17.4. The molecule has 0 aromatic heterocycles. The van der Waals surface area contributed by atoms with E-state index in [0.29, 0.717) is 5.56 Å². The standard InChI is InChI=1S/C15H22BrNO2S/c1-19-14-8-7-12(11-13(14)16)15(18)17-9-5-3-4-6-10-20-2/h7-8,11H,3-6,9-10H2,1-2H3,(H,17,18). The molecular formula is C15H22BrNO2S. The fourth-order valence-corrected chi connectivity index (χ4v) is 2.87. The number of benzene rings is 1. The number of unbranched alkanes of at least 4 members (excludes halogenated alkanes) is 3. The molecule has 0 bridgehead atoms. The minimum Gasteiger partial charge on any atom is -0.496 e. The molecule has 0 heterocycles. The quantitative estimate of drug-likeness (QED) is 0.674. The fourth-order valence-electron chi connectivity index (χ4n) is 1.84. The zero-order valence-electron chi connectivity index (χ0n) is 12.1. The third-order valence-electron chi connectivity index (χ3n) is 2.97. The van der Waals surface area contributed by atoms with E-state index in [2.05, 4.69) is 27.5 Å². The van der Waals surface area contributed by atoms with E-state index in [1.54, 1.807) is 25.3 Å². The third kappa shape index (κ3) is 6.18. The van der Waals surface area contributed by atoms with Crippen LogP contribution in [0.2, 0.25) is 0 Å². The van der Waals surface area contributed by atoms with Gasteiger partial charge in [0.1, 0.15) is 5.75 Å². The van der Waals surface area contributed by atoms with E-state index in [-0.39, 0.29) is 5.91 Å². The molecule has 0 aliphatic heterocycles. The molecule has 0 spiro atoms. The van der Waals surface area contributed by atoms with Crippen molar-refractivity contribution in [2.24, 2.45) is 0 Å². The van der Waals surface area contributed by atoms with Crippen molar-refractivity contribution in [3.63, 3.8) is 0 Å². The van der Waals surface area contributed by atoms with Crippen LogP contribution in [0.3, 0.4) is 0 Å². The highest BCUT2D eigenvalue weighted by Gasteiger charge is 2.08. The summed E-state index contributed by atoms with van der Waals surface area (Å²) in [6.07, 6.45) is 6.85. The lowest BCUT2D eigenvalue weighted by Crippen LogP contribution is -2.24. The molecule has 0 radical (unpaired) electrons. The molecule has 112 valence electrons. The van der Waals surface area contributed by atoms with Crippen LogP contribution < -0.4 is 10.1 Å². The van der Waals surface area contributed by atoms with Gasteiger partial charge in [0.15, 0.2) is 0 Å². The van der Waals surface area contributed by atoms with Crippen LogP contribution in [-0.4, -0.2) is 31.6 Å². The number of nitrogens with one attached hydrogen (secondary N) is 1. The highest BCUT2D eigenvalue weighted by molar-refractivity contribution is 9.10. The molecule has 1 amide bonds. The molecule has 3 nitrogen and oxygen atoms in total. The van der Waals surface area contributed by atoms with Crippen LogP contribution in [0.15, 0.2) is 22.7 Å². The number of amides is 1. The summed E-state index contributed by atoms with van der Waals surface area (Å²) in [6, 6.07) is 5.35. The Hall–Kier alpha value is -0.680. The SMILES string of the molecule is COc1ccc(C(=O)NCCCCCCSC)cc1Br. The second kappa shape index (κ2) is 10.1. The van der Waals surface area contributed by atoms with Gasteiger partial charge in [-0.2, -0.15) is 11.8 Å². The van der Waals surface area contributed by atoms with Crippen molar-refractivity contribution in [2.75, 3.05) is 25.7 Å². The molecule has 0 atom stereocenters. The van der Waals surface area contributed by atoms with Gasteiger partial charge in [-0.15, -0.1) is 0 Å². The molecular weight excluding hydrogens is 338 g/mol. The number of thioether (sulfide) groups is 1. The van der Waals surface area contributed by atoms with E-state index in [1.165, 1.54) is 25.0 Å². The lowest BCUT2D eigenvalue weighted by Gasteiger charge is -2.07. The summed E-state index contributed by atoms with van der Waals surface area (Å²) in [5.41, 5.74) is 0.653. The van der Waals surface area contributed by atoms with E-state index in [0.717, 1.165) is 23.2 Å². The zero-order chi connectivity index (χ0) is 14.8. The Morgan fingerprint density at radius 3 is 2.70 bits per heavy atom. The van der Waals surface area contributed by atoms with Crippen molar-refractivity contribution < 1.29 is 9.53 Å². The zero-order valence-corrected chi connectivity index (χ0v) is 14.5. The van der Waals surface area contributed by atoms with Crippen molar-refractivity contribution in [3.8, 4) is 5.75 Å². The highest BCUT2D eigenvalue weighted by Crippen LogP contribution is 2.25. The molecule has 20 heavy (non-hydrogen) atoms. The number of hydrogen-bond acceptors (Lipinski definition) is 3. The van der Waals surface area contributed by atoms with Gasteiger partial charge in [-0.3, -0.25) is 4.79 Å². The number of carbonyl (C=O) groups excluding carboxylic acids is 1. The predicted octanol–water partition coefficient (Wildman–Crippen LogP) is 4.11. The normalized spacial score (nSPS) is 10.3. The average Bonchev–Trinajstić information content (AvgIpc) is 2.46. The second-order valence-electron chi connectivity index (χ2n) is 4.51. The summed E-state index contributed by atoms with van der Waals surface area (Å²) < 4.78 is 5.94. The molecule has 1 N–H and O–H groups in total. The summed E-state index contributed by atoms with van der Waals surface area (Å²) in [4.78, 5) is 12.0. The van der Waals surface area contributed by atoms with Gasteiger partial charge in [-0.1, -0.05) is 12.8 Å². The van der Waals surface area contributed by atoms with Crippen molar-refractivity contribution in [3.05, 3.63) is 28.2 Å². The van der Waals surface area contributed by atoms with E-state index < -0.39 is 0 Å². The summed E-state index contributed by atoms with van der Waals surface area (Å²) >= 11 is 5.27. The summed E-state index contributed by atoms with van der Waals surface area (Å²) in [7, 11) is 1.61. The molecule has 0 saturated heterocycles. The van der Waals surface area contributed by atoms with Crippen LogP contribution in [0, 0.1) is 0 Å². The number of rotatable bonds is 9. The summed E-state index contributed by atoms with van der Waals surface area (Å²) in [6.45, 7) is 0.738. The first-order chi connectivity index (χ1) is 9.69. The molecule has 1 rings (SSSR count). The topological polar surface area (TPSA) is 38.3 Å². The Morgan fingerprint density at radius 1 is 1.30 bits per heavy atom. The molecule has 5 heteroatoms. The van der Waals surface area contributed by atoms with Crippen LogP contribution in [0.5, 0.6) is 5.75 Å². The van der Waals surface area contributed by atoms with E-state index >= 15 is 0 Å². The smallest absolute Gasteiger partial charge is 0.251 e. The van der Waals surface area contributed by atoms with Crippen molar-refractivity contribution in [1.29, 1.82) is 0 Å². The molecule has 0 saturated carbocycles. The molecule has 0 aliphatic rings. The number of carbonyl (C=O) groups is 1. The van der Waals surface area contributed by atoms with Crippen LogP contribution in [0.25, 0.3) is 0 Å². The number of hydrogen-bond donors (Lipinski definition) is 1. The van der Waals surface area contributed by atoms with Crippen molar-refractivity contribution >= 4 is 33.6 Å². The van der Waals surface area contributed by atoms with E-state index in [9.17, 15) is 4.79 Å². The van der Waals surface area contributed by atoms with Gasteiger partial charge in [0.25, 0.3) is 5.91 Å². The van der Waals surface area contributed by atoms with Gasteiger partial charge in [0.2, 0.25) is 0 Å². The van der Waals surface area contributed by atoms with Gasteiger partial charge in [0.05, 0.1) is 11.6 Å². The lowest BCUT2D eigenvalue weighted by molar-refractivity contribution is 0.0953. The Balaban J connectivity index is 2.27. The number of halogens is 1. The largest absolute Gasteiger partial charge is 0.496 e. The van der Waals surface area contributed by atoms with Crippen LogP contribution in [0.1, 0.15) is 36.0 Å². The first-order valence-corrected chi connectivity index (χ1v) is 8.98. The predicted molar refractivity (Wildman–Crippen MR) is 89.9 cm³/mol. The molecule has 0 fully saturated rings. The number of ether oxygens (including phenoxy) is 1. The first-order valence-electron chi connectivity index (χ1n) is 6.79. The van der Waals surface area contributed by atoms with Gasteiger partial charge in [-0.05, 0) is 59.0 Å². The maximum absolute atomic E-state index is 12.0. The van der Waals surface area contributed by atoms with Crippen LogP contribution in [0.4, 0.5) is 0 Å². The molecule has 0 unspecified atom stereocenters. The minimum absolute atomic E-state index is 0.0301. The highest BCUT2D eigenvalue weighted by atomic mass is 79.9. The second-order valence-corrected chi connectivity index (χ2v) is 6.35. The average molecular weight is 360 g/mol. The van der Waals surface area contributed by atoms with Gasteiger partial charge < -0.3 is 10.1 Å². The van der Waals surface area contributed by atoms with Crippen LogP contribution >= 0.6 is 27.7 Å². The van der Waals surface area contributed by atoms with Gasteiger partial charge in [0, 0.05) is 12.1 Å². The molecule has 0 aliphatic carbocycles. The van der Waals surface area contributed by atoms with Gasteiger partial charge in [-0.25, -0.2) is 0 Å². The molecule has 1 aromatic rings. The Labute approximate surface area is 134 Å². The Bertz CT molecular complexity index is 426. The summed E-state index contributed by atoms with van der Waals surface area (Å²) in [5.74, 6) is 1.93. The van der Waals surface area contributed by atoms with Crippen molar-refractivity contribution in [2.45, 2.75) is 25.7 Å². The minimum atomic E-state index is -0.0301. The maximum atomic E-state index is 12.0. The number of methoxy groups -OCH3 is 1. The lowest BCUT2D eigenvalue weighted by atomic mass is 10.2. The summed E-state index contributed by atoms with van der Waals surface area (Å²) in [5, 5.41) is 2.95. The monoisotopic (exact) mass is 359 g/mol. The fraction of sp³-hybridized carbons (Fsp3) is 0.533. The molecule has 1 aromatic carbocycles. The van der Waals surface area contributed by atoms with E-state index in [4.69, 9.17) is 4.74 Å². The Kier molecular flexibility index (Phi) is 8.78. The Morgan fingerprint density at radius 2 is 2.05 bits per heavy atom. The van der Waals surface area contributed by atoms with E-state index in [1.807, 2.05) is 11.8 Å². The third-order valence-corrected chi connectivity index (χ3v) is 4.29. The van der Waals surface area contributed by atoms with Gasteiger partial charge >= 0.3 is 0 Å².